The van der Waals surface area contributed by atoms with Gasteiger partial charge < -0.3 is 13.7 Å². The van der Waals surface area contributed by atoms with E-state index in [2.05, 4.69) is 51.2 Å². The van der Waals surface area contributed by atoms with Crippen LogP contribution in [0.1, 0.15) is 47.1 Å². The molecule has 0 bridgehead atoms. The summed E-state index contributed by atoms with van der Waals surface area (Å²) >= 11 is 0. The molecule has 5 heteroatoms. The number of benzene rings is 1. The van der Waals surface area contributed by atoms with E-state index >= 15 is 0 Å². The van der Waals surface area contributed by atoms with E-state index in [4.69, 9.17) is 13.7 Å². The zero-order chi connectivity index (χ0) is 18.3. The zero-order valence-corrected chi connectivity index (χ0v) is 17.8. The molecule has 0 unspecified atom stereocenters. The van der Waals surface area contributed by atoms with Gasteiger partial charge in [-0.1, -0.05) is 38.1 Å². The summed E-state index contributed by atoms with van der Waals surface area (Å²) in [6.07, 6.45) is 1.17. The van der Waals surface area contributed by atoms with Crippen molar-refractivity contribution in [2.45, 2.75) is 78.8 Å². The molecule has 1 aromatic carbocycles. The molecule has 0 saturated heterocycles. The average molecular weight is 350 g/mol. The summed E-state index contributed by atoms with van der Waals surface area (Å²) in [5.41, 5.74) is 2.98. The van der Waals surface area contributed by atoms with E-state index in [0.717, 1.165) is 18.5 Å². The van der Waals surface area contributed by atoms with Gasteiger partial charge in [0.25, 0.3) is 0 Å². The van der Waals surface area contributed by atoms with Crippen molar-refractivity contribution in [3.63, 3.8) is 0 Å². The Kier molecular flexibility index (Phi) is 8.71. The Bertz CT molecular complexity index is 479. The van der Waals surface area contributed by atoms with Crippen LogP contribution in [0.25, 0.3) is 0 Å². The molecule has 0 aliphatic heterocycles. The van der Waals surface area contributed by atoms with Crippen LogP contribution in [0, 0.1) is 0 Å². The van der Waals surface area contributed by atoms with Crippen molar-refractivity contribution in [2.75, 3.05) is 6.61 Å². The van der Waals surface area contributed by atoms with E-state index in [1.807, 2.05) is 27.7 Å². The highest BCUT2D eigenvalue weighted by Crippen LogP contribution is 2.21. The minimum Gasteiger partial charge on any atom is -0.417 e. The molecule has 0 spiro atoms. The van der Waals surface area contributed by atoms with Crippen molar-refractivity contribution in [1.82, 2.24) is 0 Å². The maximum atomic E-state index is 6.20. The molecule has 0 aliphatic rings. The van der Waals surface area contributed by atoms with E-state index in [-0.39, 0.29) is 19.3 Å². The van der Waals surface area contributed by atoms with E-state index in [1.165, 1.54) is 5.56 Å². The van der Waals surface area contributed by atoms with Crippen LogP contribution in [0.4, 0.5) is 0 Å². The lowest BCUT2D eigenvalue weighted by Gasteiger charge is -2.27. The van der Waals surface area contributed by atoms with E-state index in [0.29, 0.717) is 5.54 Å². The smallest absolute Gasteiger partial charge is 0.417 e. The second kappa shape index (κ2) is 9.76. The molecule has 24 heavy (non-hydrogen) atoms. The van der Waals surface area contributed by atoms with Crippen molar-refractivity contribution in [3.8, 4) is 0 Å². The lowest BCUT2D eigenvalue weighted by atomic mass is 9.77. The Morgan fingerprint density at radius 1 is 0.958 bits per heavy atom. The maximum absolute atomic E-state index is 6.20. The third-order valence-corrected chi connectivity index (χ3v) is 8.00. The molecule has 1 rings (SSSR count). The molecule has 0 aliphatic carbocycles. The molecule has 0 radical (unpaired) electrons. The quantitative estimate of drug-likeness (QED) is 0.585. The van der Waals surface area contributed by atoms with Crippen LogP contribution in [0.15, 0.2) is 24.3 Å². The van der Waals surface area contributed by atoms with E-state index in [1.54, 1.807) is 0 Å². The first-order valence-corrected chi connectivity index (χ1v) is 12.1. The first-order valence-electron chi connectivity index (χ1n) is 9.15. The normalized spacial score (nSPS) is 12.5. The minimum atomic E-state index is -1.56. The summed E-state index contributed by atoms with van der Waals surface area (Å²) in [6, 6.07) is 8.49. The number of hydrogen-bond donors (Lipinski definition) is 0. The monoisotopic (exact) mass is 350 g/mol. The van der Waals surface area contributed by atoms with Gasteiger partial charge in [-0.15, -0.1) is 0 Å². The summed E-state index contributed by atoms with van der Waals surface area (Å²) in [6.45, 7) is 18.0. The van der Waals surface area contributed by atoms with E-state index in [9.17, 15) is 0 Å². The molecule has 0 N–H and O–H groups in total. The van der Waals surface area contributed by atoms with Crippen molar-refractivity contribution in [2.24, 2.45) is 0 Å². The van der Waals surface area contributed by atoms with Gasteiger partial charge in [0.1, 0.15) is 0 Å². The molecule has 3 nitrogen and oxygen atoms in total. The summed E-state index contributed by atoms with van der Waals surface area (Å²) in [5.74, 6) is 0. The zero-order valence-electron chi connectivity index (χ0n) is 16.8. The molecular weight excluding hydrogens is 315 g/mol. The summed E-state index contributed by atoms with van der Waals surface area (Å²) in [5, 5.41) is 0. The molecule has 0 atom stereocenters. The molecule has 1 aromatic rings. The van der Waals surface area contributed by atoms with Crippen LogP contribution in [-0.2, 0) is 20.2 Å². The Labute approximate surface area is 150 Å². The van der Waals surface area contributed by atoms with E-state index < -0.39 is 8.32 Å². The van der Waals surface area contributed by atoms with Gasteiger partial charge in [-0.2, -0.15) is 0 Å². The van der Waals surface area contributed by atoms with Gasteiger partial charge in [0.15, 0.2) is 8.32 Å². The molecule has 0 fully saturated rings. The number of rotatable bonds is 10. The third-order valence-electron chi connectivity index (χ3n) is 4.27. The first kappa shape index (κ1) is 21.4. The number of hydrogen-bond acceptors (Lipinski definition) is 3. The first-order chi connectivity index (χ1) is 11.1. The fourth-order valence-corrected chi connectivity index (χ4v) is 3.14. The Morgan fingerprint density at radius 3 is 2.04 bits per heavy atom. The van der Waals surface area contributed by atoms with Crippen LogP contribution in [0.3, 0.4) is 0 Å². The van der Waals surface area contributed by atoms with Gasteiger partial charge >= 0.3 is 7.12 Å². The predicted molar refractivity (Wildman–Crippen MR) is 107 cm³/mol. The van der Waals surface area contributed by atoms with Crippen LogP contribution in [0.2, 0.25) is 18.6 Å². The minimum absolute atomic E-state index is 0.124. The molecule has 136 valence electrons. The van der Waals surface area contributed by atoms with Crippen LogP contribution in [0.5, 0.6) is 0 Å². The summed E-state index contributed by atoms with van der Waals surface area (Å²) < 4.78 is 18.1. The second-order valence-corrected chi connectivity index (χ2v) is 12.5. The van der Waals surface area contributed by atoms with Crippen LogP contribution < -0.4 is 5.46 Å². The third kappa shape index (κ3) is 7.51. The highest BCUT2D eigenvalue weighted by Gasteiger charge is 2.27. The standard InChI is InChI=1S/C19H35BO3Si/c1-15(2)22-20(23-16(3)4)19-11-9-10-18(14-19)12-13-21-24(7,8)17(5)6/h9-11,14-17H,12-13H2,1-8H3. The van der Waals surface area contributed by atoms with Crippen LogP contribution >= 0.6 is 0 Å². The average Bonchev–Trinajstić information content (AvgIpc) is 2.45. The van der Waals surface area contributed by atoms with Crippen molar-refractivity contribution >= 4 is 20.9 Å². The van der Waals surface area contributed by atoms with Gasteiger partial charge in [0.05, 0.1) is 0 Å². The van der Waals surface area contributed by atoms with Crippen molar-refractivity contribution in [3.05, 3.63) is 29.8 Å². The highest BCUT2D eigenvalue weighted by atomic mass is 28.4. The summed E-state index contributed by atoms with van der Waals surface area (Å²) in [7, 11) is -1.88. The topological polar surface area (TPSA) is 27.7 Å². The van der Waals surface area contributed by atoms with Gasteiger partial charge in [0, 0.05) is 18.8 Å². The van der Waals surface area contributed by atoms with Crippen molar-refractivity contribution < 1.29 is 13.7 Å². The Morgan fingerprint density at radius 2 is 1.54 bits per heavy atom. The van der Waals surface area contributed by atoms with Gasteiger partial charge in [-0.3, -0.25) is 0 Å². The molecule has 0 aromatic heterocycles. The second-order valence-electron chi connectivity index (χ2n) is 7.80. The maximum Gasteiger partial charge on any atom is 0.494 e. The lowest BCUT2D eigenvalue weighted by molar-refractivity contribution is 0.139. The molecule has 0 heterocycles. The van der Waals surface area contributed by atoms with Gasteiger partial charge in [-0.05, 0) is 63.8 Å². The predicted octanol–water partition coefficient (Wildman–Crippen LogP) is 4.41. The largest absolute Gasteiger partial charge is 0.494 e. The lowest BCUT2D eigenvalue weighted by Crippen LogP contribution is -2.41. The Balaban J connectivity index is 2.73. The van der Waals surface area contributed by atoms with Crippen molar-refractivity contribution in [1.29, 1.82) is 0 Å². The van der Waals surface area contributed by atoms with Gasteiger partial charge in [0.2, 0.25) is 0 Å². The molecular formula is C19H35BO3Si. The van der Waals surface area contributed by atoms with Gasteiger partial charge in [-0.25, -0.2) is 0 Å². The fourth-order valence-electron chi connectivity index (χ4n) is 2.18. The van der Waals surface area contributed by atoms with Crippen LogP contribution in [-0.4, -0.2) is 34.3 Å². The summed E-state index contributed by atoms with van der Waals surface area (Å²) in [4.78, 5) is 0. The molecule has 0 amide bonds. The highest BCUT2D eigenvalue weighted by molar-refractivity contribution is 6.72. The SMILES string of the molecule is CC(C)OB(OC(C)C)c1cccc(CCO[Si](C)(C)C(C)C)c1. The Hall–Kier alpha value is -0.618. The molecule has 0 saturated carbocycles. The fraction of sp³-hybridized carbons (Fsp3) is 0.684.